The Morgan fingerprint density at radius 2 is 1.60 bits per heavy atom. The Morgan fingerprint density at radius 3 is 2.31 bits per heavy atom. The summed E-state index contributed by atoms with van der Waals surface area (Å²) in [6.45, 7) is 4.13. The van der Waals surface area contributed by atoms with E-state index >= 15 is 0 Å². The summed E-state index contributed by atoms with van der Waals surface area (Å²) in [5, 5.41) is 2.70. The van der Waals surface area contributed by atoms with E-state index in [2.05, 4.69) is 31.3 Å². The molecule has 0 bridgehead atoms. The number of sulfone groups is 1. The molecule has 8 heteroatoms. The standard InChI is InChI=1S/C27H25NO6S/c1-17(2)19-9-7-18(8-10-19)13-14-28-25(29)16-34-27(31)20-11-12-22-24(15-20)35(32,33)23-6-4-3-5-21(23)26(22)30/h3-12,15,17H,13-14,16H2,1-2H3,(H,28,29). The number of carbonyl (C=O) groups is 3. The lowest BCUT2D eigenvalue weighted by atomic mass is 10.0. The topological polar surface area (TPSA) is 107 Å². The summed E-state index contributed by atoms with van der Waals surface area (Å²) in [5.74, 6) is -1.30. The fourth-order valence-electron chi connectivity index (χ4n) is 3.89. The molecule has 0 fully saturated rings. The van der Waals surface area contributed by atoms with Crippen LogP contribution in [0.3, 0.4) is 0 Å². The van der Waals surface area contributed by atoms with Crippen molar-refractivity contribution in [3.8, 4) is 0 Å². The van der Waals surface area contributed by atoms with E-state index in [4.69, 9.17) is 4.74 Å². The zero-order valence-corrected chi connectivity index (χ0v) is 20.2. The van der Waals surface area contributed by atoms with Crippen molar-refractivity contribution in [2.75, 3.05) is 13.2 Å². The minimum atomic E-state index is -3.98. The molecule has 180 valence electrons. The van der Waals surface area contributed by atoms with Crippen LogP contribution in [-0.4, -0.2) is 39.2 Å². The van der Waals surface area contributed by atoms with Crippen molar-refractivity contribution in [1.82, 2.24) is 5.32 Å². The molecule has 0 atom stereocenters. The van der Waals surface area contributed by atoms with Crippen molar-refractivity contribution < 1.29 is 27.5 Å². The second-order valence-electron chi connectivity index (χ2n) is 8.61. The van der Waals surface area contributed by atoms with E-state index in [0.29, 0.717) is 18.9 Å². The van der Waals surface area contributed by atoms with Gasteiger partial charge in [0.2, 0.25) is 9.84 Å². The molecule has 0 radical (unpaired) electrons. The molecule has 1 heterocycles. The lowest BCUT2D eigenvalue weighted by Gasteiger charge is -2.19. The second-order valence-corrected chi connectivity index (χ2v) is 10.5. The molecule has 0 spiro atoms. The molecular formula is C27H25NO6S. The highest BCUT2D eigenvalue weighted by atomic mass is 32.2. The maximum absolute atomic E-state index is 13.0. The van der Waals surface area contributed by atoms with Crippen molar-refractivity contribution in [1.29, 1.82) is 0 Å². The lowest BCUT2D eigenvalue weighted by molar-refractivity contribution is -0.124. The molecule has 4 rings (SSSR count). The Morgan fingerprint density at radius 1 is 0.914 bits per heavy atom. The third kappa shape index (κ3) is 5.02. The summed E-state index contributed by atoms with van der Waals surface area (Å²) in [5.41, 5.74) is 2.37. The predicted octanol–water partition coefficient (Wildman–Crippen LogP) is 3.70. The lowest BCUT2D eigenvalue weighted by Crippen LogP contribution is -2.30. The Hall–Kier alpha value is -3.78. The van der Waals surface area contributed by atoms with Crippen molar-refractivity contribution >= 4 is 27.5 Å². The highest BCUT2D eigenvalue weighted by Gasteiger charge is 2.35. The largest absolute Gasteiger partial charge is 0.452 e. The number of hydrogen-bond donors (Lipinski definition) is 1. The number of fused-ring (bicyclic) bond motifs is 2. The van der Waals surface area contributed by atoms with Crippen molar-refractivity contribution in [2.24, 2.45) is 0 Å². The van der Waals surface area contributed by atoms with Crippen LogP contribution in [0.25, 0.3) is 0 Å². The number of ether oxygens (including phenoxy) is 1. The molecule has 0 unspecified atom stereocenters. The number of ketones is 1. The van der Waals surface area contributed by atoms with Crippen LogP contribution in [0.15, 0.2) is 76.5 Å². The molecule has 35 heavy (non-hydrogen) atoms. The van der Waals surface area contributed by atoms with Crippen molar-refractivity contribution in [2.45, 2.75) is 36.0 Å². The average molecular weight is 492 g/mol. The number of amides is 1. The molecule has 3 aromatic rings. The second kappa shape index (κ2) is 9.84. The summed E-state index contributed by atoms with van der Waals surface area (Å²) >= 11 is 0. The van der Waals surface area contributed by atoms with Gasteiger partial charge < -0.3 is 10.1 Å². The van der Waals surface area contributed by atoms with Crippen LogP contribution >= 0.6 is 0 Å². The third-order valence-corrected chi connectivity index (χ3v) is 7.74. The summed E-state index contributed by atoms with van der Waals surface area (Å²) in [6, 6.07) is 17.9. The number of hydrogen-bond acceptors (Lipinski definition) is 6. The monoisotopic (exact) mass is 491 g/mol. The highest BCUT2D eigenvalue weighted by Crippen LogP contribution is 2.34. The molecule has 3 aromatic carbocycles. The predicted molar refractivity (Wildman–Crippen MR) is 129 cm³/mol. The number of carbonyl (C=O) groups excluding carboxylic acids is 3. The van der Waals surface area contributed by atoms with Gasteiger partial charge >= 0.3 is 5.97 Å². The fourth-order valence-corrected chi connectivity index (χ4v) is 5.57. The molecule has 1 N–H and O–H groups in total. The van der Waals surface area contributed by atoms with Gasteiger partial charge in [0.05, 0.1) is 15.4 Å². The normalized spacial score (nSPS) is 13.6. The van der Waals surface area contributed by atoms with E-state index in [9.17, 15) is 22.8 Å². The first kappa shape index (κ1) is 24.3. The van der Waals surface area contributed by atoms with Gasteiger partial charge in [0.1, 0.15) is 0 Å². The summed E-state index contributed by atoms with van der Waals surface area (Å²) in [6.07, 6.45) is 0.635. The number of esters is 1. The minimum absolute atomic E-state index is 0.000537. The third-order valence-electron chi connectivity index (χ3n) is 5.89. The summed E-state index contributed by atoms with van der Waals surface area (Å²) < 4.78 is 31.1. The first-order valence-electron chi connectivity index (χ1n) is 11.2. The molecule has 7 nitrogen and oxygen atoms in total. The fraction of sp³-hybridized carbons (Fsp3) is 0.222. The van der Waals surface area contributed by atoms with Gasteiger partial charge in [-0.15, -0.1) is 0 Å². The van der Waals surface area contributed by atoms with Crippen LogP contribution in [0.5, 0.6) is 0 Å². The summed E-state index contributed by atoms with van der Waals surface area (Å²) in [7, 11) is -3.98. The van der Waals surface area contributed by atoms with Gasteiger partial charge in [-0.2, -0.15) is 0 Å². The van der Waals surface area contributed by atoms with Crippen LogP contribution in [0.2, 0.25) is 0 Å². The number of benzene rings is 3. The van der Waals surface area contributed by atoms with E-state index in [0.717, 1.165) is 11.6 Å². The molecule has 0 saturated carbocycles. The van der Waals surface area contributed by atoms with E-state index < -0.39 is 34.1 Å². The van der Waals surface area contributed by atoms with Gasteiger partial charge in [-0.25, -0.2) is 13.2 Å². The van der Waals surface area contributed by atoms with E-state index in [-0.39, 0.29) is 26.5 Å². The van der Waals surface area contributed by atoms with Crippen molar-refractivity contribution in [3.05, 3.63) is 94.5 Å². The van der Waals surface area contributed by atoms with Crippen LogP contribution in [0, 0.1) is 0 Å². The molecule has 1 aliphatic heterocycles. The maximum Gasteiger partial charge on any atom is 0.338 e. The molecule has 0 aromatic heterocycles. The zero-order chi connectivity index (χ0) is 25.2. The Bertz CT molecular complexity index is 1410. The first-order chi connectivity index (χ1) is 16.7. The smallest absolute Gasteiger partial charge is 0.338 e. The van der Waals surface area contributed by atoms with Gasteiger partial charge in [-0.05, 0) is 53.8 Å². The molecule has 1 amide bonds. The van der Waals surface area contributed by atoms with E-state index in [1.807, 2.05) is 12.1 Å². The van der Waals surface area contributed by atoms with Gasteiger partial charge in [0.15, 0.2) is 12.4 Å². The van der Waals surface area contributed by atoms with Gasteiger partial charge in [0.25, 0.3) is 5.91 Å². The highest BCUT2D eigenvalue weighted by molar-refractivity contribution is 7.91. The summed E-state index contributed by atoms with van der Waals surface area (Å²) in [4.78, 5) is 36.9. The number of rotatable bonds is 7. The van der Waals surface area contributed by atoms with E-state index in [1.54, 1.807) is 6.07 Å². The maximum atomic E-state index is 13.0. The zero-order valence-electron chi connectivity index (χ0n) is 19.4. The SMILES string of the molecule is CC(C)c1ccc(CCNC(=O)COC(=O)c2ccc3c(c2)S(=O)(=O)c2ccccc2C3=O)cc1. The quantitative estimate of drug-likeness (QED) is 0.395. The Balaban J connectivity index is 1.35. The van der Waals surface area contributed by atoms with Crippen molar-refractivity contribution in [3.63, 3.8) is 0 Å². The first-order valence-corrected chi connectivity index (χ1v) is 12.7. The van der Waals surface area contributed by atoms with E-state index in [1.165, 1.54) is 35.9 Å². The van der Waals surface area contributed by atoms with Crippen LogP contribution < -0.4 is 5.32 Å². The van der Waals surface area contributed by atoms with Crippen LogP contribution in [-0.2, 0) is 25.8 Å². The average Bonchev–Trinajstić information content (AvgIpc) is 2.86. The van der Waals surface area contributed by atoms with Gasteiger partial charge in [-0.1, -0.05) is 50.2 Å². The van der Waals surface area contributed by atoms with Gasteiger partial charge in [-0.3, -0.25) is 9.59 Å². The van der Waals surface area contributed by atoms with Crippen LogP contribution in [0.4, 0.5) is 0 Å². The Labute approximate surface area is 204 Å². The van der Waals surface area contributed by atoms with Gasteiger partial charge in [0, 0.05) is 17.7 Å². The minimum Gasteiger partial charge on any atom is -0.452 e. The molecule has 0 saturated heterocycles. The molecule has 1 aliphatic rings. The number of nitrogens with one attached hydrogen (secondary N) is 1. The molecular weight excluding hydrogens is 466 g/mol. The van der Waals surface area contributed by atoms with Crippen LogP contribution in [0.1, 0.15) is 57.2 Å². The molecule has 0 aliphatic carbocycles. The Kier molecular flexibility index (Phi) is 6.84.